The first-order chi connectivity index (χ1) is 8.75. The molecule has 0 saturated heterocycles. The predicted molar refractivity (Wildman–Crippen MR) is 68.3 cm³/mol. The number of phenolic OH excluding ortho intramolecular Hbond substituents is 1. The molecule has 0 radical (unpaired) electrons. The average molecular weight is 245 g/mol. The summed E-state index contributed by atoms with van der Waals surface area (Å²) in [4.78, 5) is 16.4. The molecule has 0 heterocycles. The second kappa shape index (κ2) is 6.00. The Morgan fingerprint density at radius 2 is 2.17 bits per heavy atom. The fourth-order valence-corrected chi connectivity index (χ4v) is 1.78. The van der Waals surface area contributed by atoms with Crippen molar-refractivity contribution in [2.45, 2.75) is 19.3 Å². The van der Waals surface area contributed by atoms with Crippen LogP contribution in [0.3, 0.4) is 0 Å². The van der Waals surface area contributed by atoms with E-state index >= 15 is 0 Å². The van der Waals surface area contributed by atoms with Gasteiger partial charge in [-0.2, -0.15) is 0 Å². The minimum atomic E-state index is -0.319. The molecule has 94 valence electrons. The molecule has 2 rings (SSSR count). The van der Waals surface area contributed by atoms with Crippen LogP contribution >= 0.6 is 0 Å². The van der Waals surface area contributed by atoms with E-state index in [1.807, 2.05) is 12.2 Å². The van der Waals surface area contributed by atoms with Gasteiger partial charge in [-0.15, -0.1) is 0 Å². The highest BCUT2D eigenvalue weighted by atomic mass is 16.7. The van der Waals surface area contributed by atoms with Gasteiger partial charge in [0, 0.05) is 0 Å². The maximum atomic E-state index is 11.6. The lowest BCUT2D eigenvalue weighted by molar-refractivity contribution is -0.147. The van der Waals surface area contributed by atoms with E-state index in [0.29, 0.717) is 0 Å². The van der Waals surface area contributed by atoms with E-state index in [4.69, 9.17) is 9.94 Å². The van der Waals surface area contributed by atoms with Crippen LogP contribution in [0.15, 0.2) is 41.6 Å². The summed E-state index contributed by atoms with van der Waals surface area (Å²) in [5.41, 5.74) is 0.764. The van der Waals surface area contributed by atoms with Crippen molar-refractivity contribution >= 4 is 12.2 Å². The van der Waals surface area contributed by atoms with Gasteiger partial charge in [0.05, 0.1) is 12.1 Å². The van der Waals surface area contributed by atoms with E-state index in [1.165, 1.54) is 6.21 Å². The van der Waals surface area contributed by atoms with Crippen LogP contribution in [0.2, 0.25) is 0 Å². The van der Waals surface area contributed by atoms with Crippen molar-refractivity contribution in [2.75, 3.05) is 0 Å². The molecule has 1 aromatic carbocycles. The zero-order valence-electron chi connectivity index (χ0n) is 9.95. The lowest BCUT2D eigenvalue weighted by Gasteiger charge is -2.12. The summed E-state index contributed by atoms with van der Waals surface area (Å²) in [5, 5.41) is 12.8. The Kier molecular flexibility index (Phi) is 4.12. The van der Waals surface area contributed by atoms with Gasteiger partial charge in [-0.05, 0) is 49.1 Å². The molecule has 0 aliphatic heterocycles. The first-order valence-corrected chi connectivity index (χ1v) is 5.95. The van der Waals surface area contributed by atoms with Crippen LogP contribution in [-0.4, -0.2) is 17.3 Å². The minimum Gasteiger partial charge on any atom is -0.508 e. The quantitative estimate of drug-likeness (QED) is 0.385. The summed E-state index contributed by atoms with van der Waals surface area (Å²) >= 11 is 0. The van der Waals surface area contributed by atoms with Crippen LogP contribution in [0, 0.1) is 5.92 Å². The standard InChI is InChI=1S/C14H15NO3/c16-13-8-6-11(7-9-13)10-15-18-14(17)12-4-2-1-3-5-12/h2,4,6-10,12,16H,1,3,5H2/b15-10+. The van der Waals surface area contributed by atoms with Gasteiger partial charge >= 0.3 is 5.97 Å². The van der Waals surface area contributed by atoms with Crippen LogP contribution < -0.4 is 0 Å². The summed E-state index contributed by atoms with van der Waals surface area (Å²) in [7, 11) is 0. The zero-order valence-corrected chi connectivity index (χ0v) is 9.95. The molecule has 4 heteroatoms. The van der Waals surface area contributed by atoms with Gasteiger partial charge in [0.2, 0.25) is 0 Å². The summed E-state index contributed by atoms with van der Waals surface area (Å²) < 4.78 is 0. The van der Waals surface area contributed by atoms with Gasteiger partial charge in [-0.1, -0.05) is 17.3 Å². The van der Waals surface area contributed by atoms with Crippen molar-refractivity contribution < 1.29 is 14.7 Å². The number of carbonyl (C=O) groups excluding carboxylic acids is 1. The molecule has 1 aliphatic rings. The molecule has 0 spiro atoms. The third-order valence-electron chi connectivity index (χ3n) is 2.79. The molecule has 1 unspecified atom stereocenters. The van der Waals surface area contributed by atoms with Crippen LogP contribution in [-0.2, 0) is 9.63 Å². The molecular formula is C14H15NO3. The molecule has 1 aliphatic carbocycles. The number of hydrogen-bond acceptors (Lipinski definition) is 4. The van der Waals surface area contributed by atoms with Crippen molar-refractivity contribution in [2.24, 2.45) is 11.1 Å². The lowest BCUT2D eigenvalue weighted by Crippen LogP contribution is -2.15. The molecule has 0 aromatic heterocycles. The molecule has 0 fully saturated rings. The van der Waals surface area contributed by atoms with Crippen LogP contribution in [0.25, 0.3) is 0 Å². The number of benzene rings is 1. The summed E-state index contributed by atoms with van der Waals surface area (Å²) in [6, 6.07) is 6.47. The third-order valence-corrected chi connectivity index (χ3v) is 2.79. The number of oxime groups is 1. The normalized spacial score (nSPS) is 19.0. The molecule has 18 heavy (non-hydrogen) atoms. The molecule has 0 saturated carbocycles. The fourth-order valence-electron chi connectivity index (χ4n) is 1.78. The number of phenols is 1. The van der Waals surface area contributed by atoms with Gasteiger partial charge in [0.1, 0.15) is 5.75 Å². The van der Waals surface area contributed by atoms with Gasteiger partial charge in [0.15, 0.2) is 0 Å². The van der Waals surface area contributed by atoms with E-state index in [0.717, 1.165) is 24.8 Å². The average Bonchev–Trinajstić information content (AvgIpc) is 2.42. The minimum absolute atomic E-state index is 0.171. The monoisotopic (exact) mass is 245 g/mol. The molecular weight excluding hydrogens is 230 g/mol. The van der Waals surface area contributed by atoms with Crippen molar-refractivity contribution in [3.63, 3.8) is 0 Å². The number of hydrogen-bond donors (Lipinski definition) is 1. The number of allylic oxidation sites excluding steroid dienone is 1. The van der Waals surface area contributed by atoms with Crippen molar-refractivity contribution in [1.82, 2.24) is 0 Å². The van der Waals surface area contributed by atoms with Gasteiger partial charge in [-0.3, -0.25) is 0 Å². The predicted octanol–water partition coefficient (Wildman–Crippen LogP) is 2.63. The van der Waals surface area contributed by atoms with Crippen molar-refractivity contribution in [1.29, 1.82) is 0 Å². The smallest absolute Gasteiger partial charge is 0.341 e. The summed E-state index contributed by atoms with van der Waals surface area (Å²) in [5.74, 6) is -0.298. The number of carbonyl (C=O) groups is 1. The van der Waals surface area contributed by atoms with Crippen LogP contribution in [0.5, 0.6) is 5.75 Å². The Morgan fingerprint density at radius 3 is 2.83 bits per heavy atom. The van der Waals surface area contributed by atoms with E-state index in [9.17, 15) is 4.79 Å². The van der Waals surface area contributed by atoms with Gasteiger partial charge in [-0.25, -0.2) is 4.79 Å². The van der Waals surface area contributed by atoms with E-state index in [2.05, 4.69) is 5.16 Å². The fraction of sp³-hybridized carbons (Fsp3) is 0.286. The molecule has 4 nitrogen and oxygen atoms in total. The lowest BCUT2D eigenvalue weighted by atomic mass is 9.96. The molecule has 1 atom stereocenters. The zero-order chi connectivity index (χ0) is 12.8. The van der Waals surface area contributed by atoms with Gasteiger partial charge < -0.3 is 9.94 Å². The van der Waals surface area contributed by atoms with Crippen LogP contribution in [0.1, 0.15) is 24.8 Å². The third kappa shape index (κ3) is 3.45. The Morgan fingerprint density at radius 1 is 1.39 bits per heavy atom. The van der Waals surface area contributed by atoms with Gasteiger partial charge in [0.25, 0.3) is 0 Å². The Hall–Kier alpha value is -2.10. The van der Waals surface area contributed by atoms with Crippen molar-refractivity contribution in [3.8, 4) is 5.75 Å². The second-order valence-electron chi connectivity index (χ2n) is 4.20. The molecule has 0 bridgehead atoms. The first kappa shape index (κ1) is 12.4. The highest BCUT2D eigenvalue weighted by Gasteiger charge is 2.18. The highest BCUT2D eigenvalue weighted by Crippen LogP contribution is 2.18. The first-order valence-electron chi connectivity index (χ1n) is 5.95. The maximum absolute atomic E-state index is 11.6. The highest BCUT2D eigenvalue weighted by molar-refractivity contribution is 5.81. The maximum Gasteiger partial charge on any atom is 0.341 e. The summed E-state index contributed by atoms with van der Waals surface area (Å²) in [6.45, 7) is 0. The number of rotatable bonds is 3. The molecule has 0 amide bonds. The van der Waals surface area contributed by atoms with Crippen LogP contribution in [0.4, 0.5) is 0 Å². The number of aromatic hydroxyl groups is 1. The molecule has 1 N–H and O–H groups in total. The van der Waals surface area contributed by atoms with E-state index in [1.54, 1.807) is 24.3 Å². The Labute approximate surface area is 106 Å². The number of nitrogens with zero attached hydrogens (tertiary/aromatic N) is 1. The Balaban J connectivity index is 1.87. The van der Waals surface area contributed by atoms with Crippen molar-refractivity contribution in [3.05, 3.63) is 42.0 Å². The SMILES string of the molecule is O=C(O/N=C/c1ccc(O)cc1)C1C=CCCC1. The molecule has 1 aromatic rings. The summed E-state index contributed by atoms with van der Waals surface area (Å²) in [6.07, 6.45) is 8.19. The largest absolute Gasteiger partial charge is 0.508 e. The second-order valence-corrected chi connectivity index (χ2v) is 4.20. The Bertz CT molecular complexity index is 462. The van der Waals surface area contributed by atoms with E-state index < -0.39 is 0 Å². The van der Waals surface area contributed by atoms with E-state index in [-0.39, 0.29) is 17.6 Å². The topological polar surface area (TPSA) is 58.9 Å².